The first-order valence-electron chi connectivity index (χ1n) is 17.8. The second-order valence-electron chi connectivity index (χ2n) is 12.5. The fraction of sp³-hybridized carbons (Fsp3) is 0.366. The van der Waals surface area contributed by atoms with E-state index in [1.807, 2.05) is 0 Å². The van der Waals surface area contributed by atoms with E-state index in [-0.39, 0.29) is 35.8 Å². The number of hydrogen-bond donors (Lipinski definition) is 0. The minimum absolute atomic E-state index is 0.141. The number of unbranched alkanes of at least 4 members (excludes halogenated alkanes) is 6. The highest BCUT2D eigenvalue weighted by Gasteiger charge is 2.38. The van der Waals surface area contributed by atoms with Gasteiger partial charge in [0.05, 0.1) is 37.6 Å². The second kappa shape index (κ2) is 22.1. The van der Waals surface area contributed by atoms with E-state index < -0.39 is 47.4 Å². The van der Waals surface area contributed by atoms with E-state index in [0.29, 0.717) is 81.6 Å². The number of esters is 4. The molecule has 10 nitrogen and oxygen atoms in total. The minimum Gasteiger partial charge on any atom is -0.494 e. The lowest BCUT2D eigenvalue weighted by Gasteiger charge is -2.11. The lowest BCUT2D eigenvalue weighted by molar-refractivity contribution is -0.152. The number of rotatable bonds is 22. The Labute approximate surface area is 325 Å². The molecule has 57 heavy (non-hydrogen) atoms. The maximum Gasteiger partial charge on any atom is 0.422 e. The highest BCUT2D eigenvalue weighted by Crippen LogP contribution is 2.27. The number of halogens is 6. The monoisotopic (exact) mass is 808 g/mol. The van der Waals surface area contributed by atoms with Crippen molar-refractivity contribution in [2.24, 2.45) is 0 Å². The fourth-order valence-corrected chi connectivity index (χ4v) is 4.73. The maximum atomic E-state index is 12.8. The maximum absolute atomic E-state index is 12.8. The Kier molecular flexibility index (Phi) is 17.7. The number of alkyl halides is 6. The van der Waals surface area contributed by atoms with Crippen molar-refractivity contribution >= 4 is 23.9 Å². The molecule has 0 heterocycles. The van der Waals surface area contributed by atoms with E-state index in [9.17, 15) is 45.5 Å². The van der Waals surface area contributed by atoms with Gasteiger partial charge >= 0.3 is 36.2 Å². The standard InChI is InChI=1S/C41H42F6O10/c1-27-26-34(56-38(50)30-12-16-32(17-13-30)52-22-8-4-6-10-24-54-36(48)28(2)40(42,43)44)20-21-35(27)57-39(51)31-14-18-33(19-15-31)53-23-9-5-7-11-25-55-37(49)29(3)41(45,46)47/h12-21,26H,2-11,22-25H2,1H3. The molecule has 0 radical (unpaired) electrons. The van der Waals surface area contributed by atoms with E-state index >= 15 is 0 Å². The van der Waals surface area contributed by atoms with Crippen LogP contribution in [0.25, 0.3) is 0 Å². The highest BCUT2D eigenvalue weighted by atomic mass is 19.4. The van der Waals surface area contributed by atoms with Crippen molar-refractivity contribution in [1.82, 2.24) is 0 Å². The van der Waals surface area contributed by atoms with Crippen LogP contribution in [0.15, 0.2) is 91.0 Å². The van der Waals surface area contributed by atoms with E-state index in [1.165, 1.54) is 24.3 Å². The topological polar surface area (TPSA) is 124 Å². The average molecular weight is 809 g/mol. The Morgan fingerprint density at radius 2 is 0.877 bits per heavy atom. The summed E-state index contributed by atoms with van der Waals surface area (Å²) in [5.41, 5.74) is -2.00. The molecule has 0 fully saturated rings. The van der Waals surface area contributed by atoms with Crippen LogP contribution >= 0.6 is 0 Å². The molecule has 0 atom stereocenters. The van der Waals surface area contributed by atoms with Crippen LogP contribution in [0, 0.1) is 6.92 Å². The molecule has 0 aliphatic heterocycles. The number of ether oxygens (including phenoxy) is 6. The van der Waals surface area contributed by atoms with Gasteiger partial charge in [0, 0.05) is 0 Å². The summed E-state index contributed by atoms with van der Waals surface area (Å²) >= 11 is 0. The van der Waals surface area contributed by atoms with Gasteiger partial charge in [-0.15, -0.1) is 0 Å². The average Bonchev–Trinajstić information content (AvgIpc) is 3.16. The zero-order valence-electron chi connectivity index (χ0n) is 31.1. The third-order valence-corrected chi connectivity index (χ3v) is 8.00. The molecule has 3 aromatic rings. The smallest absolute Gasteiger partial charge is 0.422 e. The van der Waals surface area contributed by atoms with Gasteiger partial charge in [-0.05, 0) is 131 Å². The van der Waals surface area contributed by atoms with Gasteiger partial charge in [0.25, 0.3) is 0 Å². The number of benzene rings is 3. The van der Waals surface area contributed by atoms with Crippen LogP contribution < -0.4 is 18.9 Å². The largest absolute Gasteiger partial charge is 0.494 e. The third-order valence-electron chi connectivity index (χ3n) is 8.00. The Morgan fingerprint density at radius 3 is 1.26 bits per heavy atom. The normalized spacial score (nSPS) is 11.3. The van der Waals surface area contributed by atoms with E-state index in [0.717, 1.165) is 0 Å². The Bertz CT molecular complexity index is 1830. The Morgan fingerprint density at radius 1 is 0.509 bits per heavy atom. The molecule has 308 valence electrons. The molecule has 0 unspecified atom stereocenters. The predicted octanol–water partition coefficient (Wildman–Crippen LogP) is 9.64. The van der Waals surface area contributed by atoms with Gasteiger partial charge in [0.1, 0.15) is 34.1 Å². The summed E-state index contributed by atoms with van der Waals surface area (Å²) in [5.74, 6) is -2.66. The summed E-state index contributed by atoms with van der Waals surface area (Å²) in [6, 6.07) is 17.1. The van der Waals surface area contributed by atoms with Gasteiger partial charge in [-0.1, -0.05) is 13.2 Å². The first-order valence-corrected chi connectivity index (χ1v) is 17.8. The molecule has 0 N–H and O–H groups in total. The molecule has 0 aromatic heterocycles. The summed E-state index contributed by atoms with van der Waals surface area (Å²) in [6.45, 7) is 7.51. The van der Waals surface area contributed by atoms with Gasteiger partial charge in [-0.3, -0.25) is 0 Å². The van der Waals surface area contributed by atoms with Gasteiger partial charge < -0.3 is 28.4 Å². The molecule has 0 saturated carbocycles. The summed E-state index contributed by atoms with van der Waals surface area (Å²) in [7, 11) is 0. The molecular formula is C41H42F6O10. The molecule has 0 aliphatic carbocycles. The Balaban J connectivity index is 1.32. The van der Waals surface area contributed by atoms with Gasteiger partial charge in [0.2, 0.25) is 0 Å². The zero-order valence-corrected chi connectivity index (χ0v) is 31.1. The molecule has 3 rings (SSSR count). The summed E-state index contributed by atoms with van der Waals surface area (Å²) in [5, 5.41) is 0. The van der Waals surface area contributed by atoms with Gasteiger partial charge in [-0.2, -0.15) is 26.3 Å². The lowest BCUT2D eigenvalue weighted by Crippen LogP contribution is -2.21. The van der Waals surface area contributed by atoms with Crippen LogP contribution in [0.5, 0.6) is 23.0 Å². The van der Waals surface area contributed by atoms with Gasteiger partial charge in [-0.25, -0.2) is 19.2 Å². The van der Waals surface area contributed by atoms with Gasteiger partial charge in [0.15, 0.2) is 0 Å². The summed E-state index contributed by atoms with van der Waals surface area (Å²) < 4.78 is 106. The first kappa shape index (κ1) is 45.6. The first-order chi connectivity index (χ1) is 27.0. The third kappa shape index (κ3) is 16.1. The van der Waals surface area contributed by atoms with Crippen molar-refractivity contribution in [2.75, 3.05) is 26.4 Å². The SMILES string of the molecule is C=C(C(=O)OCCCCCCOc1ccc(C(=O)Oc2ccc(OC(=O)c3ccc(OCCCCCCOC(=O)C(=C)C(F)(F)F)cc3)c(C)c2)cc1)C(F)(F)F. The van der Waals surface area contributed by atoms with Crippen LogP contribution in [-0.4, -0.2) is 62.7 Å². The number of carbonyl (C=O) groups excluding carboxylic acids is 4. The fourth-order valence-electron chi connectivity index (χ4n) is 4.73. The van der Waals surface area contributed by atoms with Crippen molar-refractivity contribution < 1.29 is 73.9 Å². The van der Waals surface area contributed by atoms with Crippen LogP contribution in [0.4, 0.5) is 26.3 Å². The number of hydrogen-bond acceptors (Lipinski definition) is 10. The van der Waals surface area contributed by atoms with E-state index in [4.69, 9.17) is 18.9 Å². The molecule has 0 bridgehead atoms. The lowest BCUT2D eigenvalue weighted by atomic mass is 10.2. The molecule has 0 saturated heterocycles. The van der Waals surface area contributed by atoms with Crippen LogP contribution in [0.2, 0.25) is 0 Å². The molecule has 0 spiro atoms. The summed E-state index contributed by atoms with van der Waals surface area (Å²) in [6.07, 6.45) is -4.92. The van der Waals surface area contributed by atoms with E-state index in [1.54, 1.807) is 49.4 Å². The predicted molar refractivity (Wildman–Crippen MR) is 194 cm³/mol. The van der Waals surface area contributed by atoms with Crippen molar-refractivity contribution in [3.63, 3.8) is 0 Å². The molecule has 0 amide bonds. The van der Waals surface area contributed by atoms with Crippen molar-refractivity contribution in [3.05, 3.63) is 108 Å². The van der Waals surface area contributed by atoms with E-state index in [2.05, 4.69) is 22.6 Å². The van der Waals surface area contributed by atoms with Crippen LogP contribution in [0.1, 0.15) is 77.6 Å². The molecule has 3 aromatic carbocycles. The van der Waals surface area contributed by atoms with Crippen molar-refractivity contribution in [3.8, 4) is 23.0 Å². The molecule has 16 heteroatoms. The van der Waals surface area contributed by atoms with Crippen LogP contribution in [0.3, 0.4) is 0 Å². The summed E-state index contributed by atoms with van der Waals surface area (Å²) in [4.78, 5) is 48.1. The quantitative estimate of drug-likeness (QED) is 0.0319. The zero-order chi connectivity index (χ0) is 42.0. The Hall–Kier alpha value is -5.80. The second-order valence-corrected chi connectivity index (χ2v) is 12.5. The number of carbonyl (C=O) groups is 4. The molecular weight excluding hydrogens is 766 g/mol. The van der Waals surface area contributed by atoms with Crippen LogP contribution in [-0.2, 0) is 19.1 Å². The number of aryl methyl sites for hydroxylation is 1. The van der Waals surface area contributed by atoms with Crippen molar-refractivity contribution in [2.45, 2.75) is 70.6 Å². The highest BCUT2D eigenvalue weighted by molar-refractivity contribution is 5.92. The minimum atomic E-state index is -4.82. The van der Waals surface area contributed by atoms with Crippen molar-refractivity contribution in [1.29, 1.82) is 0 Å². The molecule has 0 aliphatic rings.